The number of rotatable bonds is 1. The van der Waals surface area contributed by atoms with E-state index < -0.39 is 0 Å². The molecule has 0 heterocycles. The van der Waals surface area contributed by atoms with E-state index in [2.05, 4.69) is 78.3 Å². The zero-order valence-electron chi connectivity index (χ0n) is 10.6. The minimum absolute atomic E-state index is 0.383. The molecule has 0 N–H and O–H groups in total. The number of hydrogen-bond donors (Lipinski definition) is 0. The van der Waals surface area contributed by atoms with Gasteiger partial charge in [0.05, 0.1) is 0 Å². The van der Waals surface area contributed by atoms with Crippen LogP contribution >= 0.6 is 15.9 Å². The van der Waals surface area contributed by atoms with E-state index >= 15 is 0 Å². The molecule has 0 saturated heterocycles. The van der Waals surface area contributed by atoms with E-state index in [1.54, 1.807) is 0 Å². The van der Waals surface area contributed by atoms with E-state index in [9.17, 15) is 0 Å². The number of benzene rings is 2. The van der Waals surface area contributed by atoms with Crippen LogP contribution in [0, 0.1) is 13.8 Å². The van der Waals surface area contributed by atoms with Gasteiger partial charge >= 0.3 is 0 Å². The molecule has 1 atom stereocenters. The van der Waals surface area contributed by atoms with Gasteiger partial charge in [0.15, 0.2) is 0 Å². The first kappa shape index (κ1) is 11.7. The largest absolute Gasteiger partial charge is 0.0720 e. The van der Waals surface area contributed by atoms with Crippen molar-refractivity contribution in [1.29, 1.82) is 0 Å². The normalized spacial score (nSPS) is 16.9. The smallest absolute Gasteiger partial charge is 0.0290 e. The minimum Gasteiger partial charge on any atom is -0.0720 e. The van der Waals surface area contributed by atoms with Crippen molar-refractivity contribution in [3.63, 3.8) is 0 Å². The Hall–Kier alpha value is -1.34. The highest BCUT2D eigenvalue weighted by molar-refractivity contribution is 9.10. The van der Waals surface area contributed by atoms with E-state index in [1.807, 2.05) is 0 Å². The molecular weight excluding hydrogens is 284 g/mol. The summed E-state index contributed by atoms with van der Waals surface area (Å²) in [5.74, 6) is 0.383. The van der Waals surface area contributed by atoms with Gasteiger partial charge in [-0.25, -0.2) is 0 Å². The van der Waals surface area contributed by atoms with Gasteiger partial charge in [0.1, 0.15) is 0 Å². The molecule has 1 heteroatoms. The maximum Gasteiger partial charge on any atom is 0.0290 e. The Kier molecular flexibility index (Phi) is 2.87. The quantitative estimate of drug-likeness (QED) is 0.677. The molecular formula is C17H15Br. The lowest BCUT2D eigenvalue weighted by Crippen LogP contribution is -1.99. The summed E-state index contributed by atoms with van der Waals surface area (Å²) in [6.07, 6.45) is 4.52. The van der Waals surface area contributed by atoms with Crippen molar-refractivity contribution in [1.82, 2.24) is 0 Å². The highest BCUT2D eigenvalue weighted by Gasteiger charge is 2.21. The van der Waals surface area contributed by atoms with Crippen molar-refractivity contribution < 1.29 is 0 Å². The molecule has 0 aliphatic heterocycles. The lowest BCUT2D eigenvalue weighted by molar-refractivity contribution is 1.03. The number of fused-ring (bicyclic) bond motifs is 1. The first-order chi connectivity index (χ1) is 8.66. The van der Waals surface area contributed by atoms with E-state index in [0.717, 1.165) is 0 Å². The molecule has 18 heavy (non-hydrogen) atoms. The van der Waals surface area contributed by atoms with Crippen LogP contribution in [0.5, 0.6) is 0 Å². The molecule has 0 nitrogen and oxygen atoms in total. The minimum atomic E-state index is 0.383. The molecule has 0 bridgehead atoms. The van der Waals surface area contributed by atoms with Crippen molar-refractivity contribution in [3.05, 3.63) is 74.8 Å². The molecule has 2 aromatic carbocycles. The summed E-state index contributed by atoms with van der Waals surface area (Å²) in [4.78, 5) is 0. The van der Waals surface area contributed by atoms with Crippen molar-refractivity contribution in [2.45, 2.75) is 19.8 Å². The Morgan fingerprint density at radius 3 is 2.61 bits per heavy atom. The van der Waals surface area contributed by atoms with Crippen LogP contribution in [0.4, 0.5) is 0 Å². The monoisotopic (exact) mass is 298 g/mol. The molecule has 2 aromatic rings. The van der Waals surface area contributed by atoms with Gasteiger partial charge in [-0.1, -0.05) is 70.0 Å². The van der Waals surface area contributed by atoms with Gasteiger partial charge in [-0.05, 0) is 36.1 Å². The second kappa shape index (κ2) is 4.40. The van der Waals surface area contributed by atoms with Gasteiger partial charge in [-0.15, -0.1) is 0 Å². The molecule has 0 spiro atoms. The van der Waals surface area contributed by atoms with Crippen LogP contribution in [-0.2, 0) is 0 Å². The molecule has 0 saturated carbocycles. The summed E-state index contributed by atoms with van der Waals surface area (Å²) >= 11 is 3.74. The number of aryl methyl sites for hydroxylation is 2. The Morgan fingerprint density at radius 2 is 1.78 bits per heavy atom. The average molecular weight is 299 g/mol. The van der Waals surface area contributed by atoms with Crippen molar-refractivity contribution in [2.75, 3.05) is 0 Å². The van der Waals surface area contributed by atoms with E-state index in [-0.39, 0.29) is 0 Å². The Balaban J connectivity index is 2.16. The predicted octanol–water partition coefficient (Wildman–Crippen LogP) is 5.22. The van der Waals surface area contributed by atoms with Crippen LogP contribution in [0.2, 0.25) is 0 Å². The Morgan fingerprint density at radius 1 is 1.00 bits per heavy atom. The third-order valence-electron chi connectivity index (χ3n) is 3.56. The highest BCUT2D eigenvalue weighted by Crippen LogP contribution is 2.39. The first-order valence-corrected chi connectivity index (χ1v) is 7.00. The fourth-order valence-corrected chi connectivity index (χ4v) is 3.21. The van der Waals surface area contributed by atoms with Crippen LogP contribution in [0.15, 0.2) is 46.9 Å². The van der Waals surface area contributed by atoms with Crippen LogP contribution in [-0.4, -0.2) is 0 Å². The summed E-state index contributed by atoms with van der Waals surface area (Å²) in [5, 5.41) is 0. The van der Waals surface area contributed by atoms with Crippen molar-refractivity contribution >= 4 is 22.0 Å². The predicted molar refractivity (Wildman–Crippen MR) is 80.9 cm³/mol. The van der Waals surface area contributed by atoms with Gasteiger partial charge in [0, 0.05) is 10.4 Å². The lowest BCUT2D eigenvalue weighted by Gasteiger charge is -2.16. The van der Waals surface area contributed by atoms with Crippen molar-refractivity contribution in [2.24, 2.45) is 0 Å². The third kappa shape index (κ3) is 1.83. The number of allylic oxidation sites excluding steroid dienone is 1. The topological polar surface area (TPSA) is 0 Å². The van der Waals surface area contributed by atoms with Gasteiger partial charge in [-0.3, -0.25) is 0 Å². The standard InChI is InChI=1S/C17H15Br/c1-11-9-12(2)17(18)16(10-11)15-8-7-13-5-3-4-6-14(13)15/h3-10,15H,1-2H3. The molecule has 1 aliphatic rings. The zero-order valence-corrected chi connectivity index (χ0v) is 12.2. The fourth-order valence-electron chi connectivity index (χ4n) is 2.73. The molecule has 1 unspecified atom stereocenters. The zero-order chi connectivity index (χ0) is 12.7. The summed E-state index contributed by atoms with van der Waals surface area (Å²) in [7, 11) is 0. The highest BCUT2D eigenvalue weighted by atomic mass is 79.9. The molecule has 0 aromatic heterocycles. The summed E-state index contributed by atoms with van der Waals surface area (Å²) in [5.41, 5.74) is 6.75. The number of halogens is 1. The second-order valence-corrected chi connectivity index (χ2v) is 5.74. The van der Waals surface area contributed by atoms with Crippen LogP contribution in [0.3, 0.4) is 0 Å². The van der Waals surface area contributed by atoms with E-state index in [1.165, 1.54) is 32.3 Å². The van der Waals surface area contributed by atoms with Gasteiger partial charge < -0.3 is 0 Å². The van der Waals surface area contributed by atoms with Crippen molar-refractivity contribution in [3.8, 4) is 0 Å². The summed E-state index contributed by atoms with van der Waals surface area (Å²) < 4.78 is 1.24. The third-order valence-corrected chi connectivity index (χ3v) is 4.64. The average Bonchev–Trinajstić information content (AvgIpc) is 2.77. The Bertz CT molecular complexity index is 638. The van der Waals surface area contributed by atoms with Gasteiger partial charge in [0.2, 0.25) is 0 Å². The summed E-state index contributed by atoms with van der Waals surface area (Å²) in [6.45, 7) is 4.32. The van der Waals surface area contributed by atoms with Gasteiger partial charge in [0.25, 0.3) is 0 Å². The molecule has 3 rings (SSSR count). The molecule has 90 valence electrons. The maximum atomic E-state index is 3.74. The molecule has 0 fully saturated rings. The molecule has 0 radical (unpaired) electrons. The lowest BCUT2D eigenvalue weighted by atomic mass is 9.91. The molecule has 0 amide bonds. The Labute approximate surface area is 116 Å². The van der Waals surface area contributed by atoms with Crippen LogP contribution < -0.4 is 0 Å². The fraction of sp³-hybridized carbons (Fsp3) is 0.176. The first-order valence-electron chi connectivity index (χ1n) is 6.20. The van der Waals surface area contributed by atoms with Crippen LogP contribution in [0.25, 0.3) is 6.08 Å². The summed E-state index contributed by atoms with van der Waals surface area (Å²) in [6, 6.07) is 13.1. The van der Waals surface area contributed by atoms with E-state index in [0.29, 0.717) is 5.92 Å². The SMILES string of the molecule is Cc1cc(C)c(Br)c(C2C=Cc3ccccc32)c1. The van der Waals surface area contributed by atoms with E-state index in [4.69, 9.17) is 0 Å². The maximum absolute atomic E-state index is 3.74. The second-order valence-electron chi connectivity index (χ2n) is 4.95. The number of hydrogen-bond acceptors (Lipinski definition) is 0. The van der Waals surface area contributed by atoms with Crippen LogP contribution in [0.1, 0.15) is 33.7 Å². The molecule has 1 aliphatic carbocycles. The van der Waals surface area contributed by atoms with Gasteiger partial charge in [-0.2, -0.15) is 0 Å².